The fourth-order valence-corrected chi connectivity index (χ4v) is 3.92. The van der Waals surface area contributed by atoms with Gasteiger partial charge in [-0.15, -0.1) is 0 Å². The lowest BCUT2D eigenvalue weighted by atomic mass is 10.1. The zero-order valence-electron chi connectivity index (χ0n) is 19.1. The monoisotopic (exact) mass is 436 g/mol. The number of imidazole rings is 1. The first-order valence-corrected chi connectivity index (χ1v) is 10.7. The van der Waals surface area contributed by atoms with E-state index in [2.05, 4.69) is 44.7 Å². The van der Waals surface area contributed by atoms with Gasteiger partial charge in [0.1, 0.15) is 5.69 Å². The zero-order valence-corrected chi connectivity index (χ0v) is 19.1. The van der Waals surface area contributed by atoms with Gasteiger partial charge in [-0.3, -0.25) is 9.08 Å². The molecule has 0 radical (unpaired) electrons. The molecule has 0 aliphatic heterocycles. The Morgan fingerprint density at radius 2 is 1.82 bits per heavy atom. The summed E-state index contributed by atoms with van der Waals surface area (Å²) in [6.45, 7) is 0. The maximum atomic E-state index is 4.75. The summed E-state index contributed by atoms with van der Waals surface area (Å²) in [5.41, 5.74) is 7.76. The van der Waals surface area contributed by atoms with Crippen molar-refractivity contribution in [2.45, 2.75) is 0 Å². The van der Waals surface area contributed by atoms with Gasteiger partial charge in [-0.05, 0) is 30.3 Å². The topological polar surface area (TPSA) is 75.3 Å². The maximum Gasteiger partial charge on any atom is 0.213 e. The molecule has 0 unspecified atom stereocenters. The highest BCUT2D eigenvalue weighted by Crippen LogP contribution is 2.33. The van der Waals surface area contributed by atoms with Gasteiger partial charge >= 0.3 is 0 Å². The number of rotatable bonds is 6. The van der Waals surface area contributed by atoms with Gasteiger partial charge in [0.2, 0.25) is 7.98 Å². The molecule has 0 fully saturated rings. The fourth-order valence-electron chi connectivity index (χ4n) is 3.92. The third-order valence-corrected chi connectivity index (χ3v) is 5.58. The third kappa shape index (κ3) is 3.89. The van der Waals surface area contributed by atoms with E-state index in [-0.39, 0.29) is 0 Å². The van der Waals surface area contributed by atoms with Crippen LogP contribution in [0, 0.1) is 0 Å². The van der Waals surface area contributed by atoms with Crippen LogP contribution in [0.5, 0.6) is 0 Å². The van der Waals surface area contributed by atoms with E-state index in [0.29, 0.717) is 5.82 Å². The summed E-state index contributed by atoms with van der Waals surface area (Å²) in [5.74, 6) is 0.697. The van der Waals surface area contributed by atoms with E-state index in [4.69, 9.17) is 10.1 Å². The summed E-state index contributed by atoms with van der Waals surface area (Å²) in [6, 6.07) is 16.4. The summed E-state index contributed by atoms with van der Waals surface area (Å²) < 4.78 is 3.89. The van der Waals surface area contributed by atoms with Crippen molar-refractivity contribution in [2.24, 2.45) is 7.05 Å². The van der Waals surface area contributed by atoms with Crippen LogP contribution in [-0.4, -0.2) is 46.2 Å². The van der Waals surface area contributed by atoms with Crippen molar-refractivity contribution < 1.29 is 0 Å². The second-order valence-electron chi connectivity index (χ2n) is 8.08. The van der Waals surface area contributed by atoms with Gasteiger partial charge in [-0.1, -0.05) is 18.2 Å². The van der Waals surface area contributed by atoms with Gasteiger partial charge in [0.25, 0.3) is 0 Å². The Balaban J connectivity index is 1.58. The Bertz CT molecular complexity index is 1440. The van der Waals surface area contributed by atoms with Crippen molar-refractivity contribution in [3.63, 3.8) is 0 Å². The molecule has 2 aromatic carbocycles. The molecule has 0 atom stereocenters. The average Bonchev–Trinajstić information content (AvgIpc) is 3.43. The molecule has 0 amide bonds. The van der Waals surface area contributed by atoms with E-state index in [1.54, 1.807) is 6.20 Å². The molecule has 9 heteroatoms. The minimum Gasteiger partial charge on any atom is -0.434 e. The standard InChI is InChI=1S/C24H25BN8/c1-31(2)19-9-5-7-17(13-19)28-23-24-27-14-21(33(24)11-10-26-23)20-15-32(3)30-22(20)16-6-4-8-18(12-16)29-25/h4-15,29H,25H2,1-3H3,(H,26,28). The average molecular weight is 436 g/mol. The Morgan fingerprint density at radius 3 is 2.64 bits per heavy atom. The predicted molar refractivity (Wildman–Crippen MR) is 137 cm³/mol. The summed E-state index contributed by atoms with van der Waals surface area (Å²) in [7, 11) is 7.90. The van der Waals surface area contributed by atoms with Crippen LogP contribution in [-0.2, 0) is 7.05 Å². The van der Waals surface area contributed by atoms with Crippen molar-refractivity contribution >= 4 is 36.5 Å². The van der Waals surface area contributed by atoms with E-state index in [1.807, 2.05) is 81.1 Å². The highest BCUT2D eigenvalue weighted by atomic mass is 15.3. The van der Waals surface area contributed by atoms with Crippen molar-refractivity contribution in [1.82, 2.24) is 24.1 Å². The largest absolute Gasteiger partial charge is 0.434 e. The highest BCUT2D eigenvalue weighted by molar-refractivity contribution is 6.16. The van der Waals surface area contributed by atoms with Gasteiger partial charge < -0.3 is 15.4 Å². The Morgan fingerprint density at radius 1 is 1.00 bits per heavy atom. The maximum absolute atomic E-state index is 4.75. The zero-order chi connectivity index (χ0) is 22.9. The fraction of sp³-hybridized carbons (Fsp3) is 0.125. The van der Waals surface area contributed by atoms with Crippen molar-refractivity contribution in [3.05, 3.63) is 73.3 Å². The SMILES string of the molecule is BNc1cccc(-c2nn(C)cc2-c2cnc3c(Nc4cccc(N(C)C)c4)nccn23)c1. The van der Waals surface area contributed by atoms with Crippen molar-refractivity contribution in [1.29, 1.82) is 0 Å². The van der Waals surface area contributed by atoms with E-state index in [0.717, 1.165) is 45.2 Å². The quantitative estimate of drug-likeness (QED) is 0.397. The Kier molecular flexibility index (Phi) is 5.22. The van der Waals surface area contributed by atoms with Crippen LogP contribution in [0.3, 0.4) is 0 Å². The number of anilines is 4. The lowest BCUT2D eigenvalue weighted by Gasteiger charge is -2.14. The van der Waals surface area contributed by atoms with Crippen LogP contribution in [0.2, 0.25) is 0 Å². The molecule has 0 spiro atoms. The Labute approximate surface area is 193 Å². The molecule has 5 aromatic rings. The second-order valence-corrected chi connectivity index (χ2v) is 8.08. The number of aryl methyl sites for hydroxylation is 1. The summed E-state index contributed by atoms with van der Waals surface area (Å²) >= 11 is 0. The van der Waals surface area contributed by atoms with Gasteiger partial charge in [0, 0.05) is 67.9 Å². The molecule has 2 N–H and O–H groups in total. The molecule has 0 saturated carbocycles. The summed E-state index contributed by atoms with van der Waals surface area (Å²) in [6.07, 6.45) is 7.62. The van der Waals surface area contributed by atoms with Gasteiger partial charge in [-0.25, -0.2) is 9.97 Å². The van der Waals surface area contributed by atoms with E-state index < -0.39 is 0 Å². The first-order chi connectivity index (χ1) is 16.0. The first-order valence-electron chi connectivity index (χ1n) is 10.7. The molecule has 3 heterocycles. The molecular weight excluding hydrogens is 411 g/mol. The number of hydrogen-bond acceptors (Lipinski definition) is 6. The third-order valence-electron chi connectivity index (χ3n) is 5.58. The Hall–Kier alpha value is -4.27. The molecule has 33 heavy (non-hydrogen) atoms. The van der Waals surface area contributed by atoms with Crippen LogP contribution in [0.1, 0.15) is 0 Å². The molecule has 164 valence electrons. The lowest BCUT2D eigenvalue weighted by Crippen LogP contribution is -2.08. The number of hydrogen-bond donors (Lipinski definition) is 2. The first kappa shape index (κ1) is 20.6. The molecule has 5 rings (SSSR count). The molecule has 8 nitrogen and oxygen atoms in total. The lowest BCUT2D eigenvalue weighted by molar-refractivity contribution is 0.771. The smallest absolute Gasteiger partial charge is 0.213 e. The number of fused-ring (bicyclic) bond motifs is 1. The van der Waals surface area contributed by atoms with Crippen molar-refractivity contribution in [3.8, 4) is 22.5 Å². The normalized spacial score (nSPS) is 11.0. The minimum atomic E-state index is 0.697. The van der Waals surface area contributed by atoms with Crippen LogP contribution in [0.25, 0.3) is 28.2 Å². The van der Waals surface area contributed by atoms with Crippen LogP contribution >= 0.6 is 0 Å². The molecule has 0 aliphatic carbocycles. The van der Waals surface area contributed by atoms with E-state index in [1.165, 1.54) is 0 Å². The van der Waals surface area contributed by atoms with Crippen LogP contribution < -0.4 is 15.4 Å². The minimum absolute atomic E-state index is 0.697. The van der Waals surface area contributed by atoms with E-state index in [9.17, 15) is 0 Å². The summed E-state index contributed by atoms with van der Waals surface area (Å²) in [4.78, 5) is 11.3. The molecule has 0 saturated heterocycles. The van der Waals surface area contributed by atoms with Gasteiger partial charge in [0.15, 0.2) is 11.5 Å². The summed E-state index contributed by atoms with van der Waals surface area (Å²) in [5, 5.41) is 11.4. The number of nitrogens with zero attached hydrogens (tertiary/aromatic N) is 6. The molecule has 0 aliphatic rings. The van der Waals surface area contributed by atoms with Gasteiger partial charge in [-0.2, -0.15) is 5.10 Å². The van der Waals surface area contributed by atoms with Crippen LogP contribution in [0.15, 0.2) is 73.3 Å². The van der Waals surface area contributed by atoms with Gasteiger partial charge in [0.05, 0.1) is 11.9 Å². The predicted octanol–water partition coefficient (Wildman–Crippen LogP) is 3.57. The van der Waals surface area contributed by atoms with E-state index >= 15 is 0 Å². The molecule has 0 bridgehead atoms. The number of benzene rings is 2. The van der Waals surface area contributed by atoms with Crippen molar-refractivity contribution in [2.75, 3.05) is 29.5 Å². The second kappa shape index (κ2) is 8.35. The highest BCUT2D eigenvalue weighted by Gasteiger charge is 2.18. The number of nitrogens with one attached hydrogen (secondary N) is 2. The van der Waals surface area contributed by atoms with Crippen LogP contribution in [0.4, 0.5) is 22.9 Å². The molecule has 3 aromatic heterocycles. The molecular formula is C24H25BN8. The number of aromatic nitrogens is 5.